The normalized spacial score (nSPS) is 11.5. The van der Waals surface area contributed by atoms with Crippen LogP contribution < -0.4 is 34.5 Å². The van der Waals surface area contributed by atoms with Crippen LogP contribution in [0.15, 0.2) is 104 Å². The van der Waals surface area contributed by atoms with Crippen LogP contribution in [0.25, 0.3) is 10.8 Å². The monoisotopic (exact) mass is 548 g/mol. The van der Waals surface area contributed by atoms with Crippen molar-refractivity contribution in [3.05, 3.63) is 84.4 Å². The number of aryl methyl sites for hydroxylation is 1. The SMILES string of the molecule is CCN(CCC#N)c1ccc(N=Nc2ccc(N=Nc3cccc(S(=O)(=O)[O-])c3)c3ccccc23)c(C)c1.[Na+]. The molecule has 0 N–H and O–H groups in total. The first-order valence-electron chi connectivity index (χ1n) is 11.9. The van der Waals surface area contributed by atoms with Crippen LogP contribution in [0.5, 0.6) is 0 Å². The summed E-state index contributed by atoms with van der Waals surface area (Å²) in [5.74, 6) is 0. The second-order valence-electron chi connectivity index (χ2n) is 8.46. The number of rotatable bonds is 9. The number of hydrogen-bond donors (Lipinski definition) is 0. The molecule has 0 radical (unpaired) electrons. The van der Waals surface area contributed by atoms with E-state index in [9.17, 15) is 13.0 Å². The van der Waals surface area contributed by atoms with Gasteiger partial charge >= 0.3 is 29.6 Å². The van der Waals surface area contributed by atoms with Crippen molar-refractivity contribution in [1.82, 2.24) is 0 Å². The summed E-state index contributed by atoms with van der Waals surface area (Å²) < 4.78 is 33.9. The van der Waals surface area contributed by atoms with Crippen LogP contribution in [0, 0.1) is 18.3 Å². The first-order valence-corrected chi connectivity index (χ1v) is 13.3. The van der Waals surface area contributed by atoms with Gasteiger partial charge in [-0.2, -0.15) is 15.5 Å². The van der Waals surface area contributed by atoms with E-state index in [1.54, 1.807) is 18.2 Å². The van der Waals surface area contributed by atoms with Crippen molar-refractivity contribution in [1.29, 1.82) is 5.26 Å². The molecular weight excluding hydrogens is 523 g/mol. The largest absolute Gasteiger partial charge is 1.00 e. The zero-order valence-corrected chi connectivity index (χ0v) is 24.8. The van der Waals surface area contributed by atoms with Gasteiger partial charge in [-0.1, -0.05) is 30.3 Å². The van der Waals surface area contributed by atoms with Crippen LogP contribution >= 0.6 is 0 Å². The maximum absolute atomic E-state index is 11.3. The fourth-order valence-corrected chi connectivity index (χ4v) is 4.48. The van der Waals surface area contributed by atoms with E-state index < -0.39 is 10.1 Å². The molecule has 4 aromatic rings. The first-order chi connectivity index (χ1) is 18.3. The molecule has 0 unspecified atom stereocenters. The predicted octanol–water partition coefficient (Wildman–Crippen LogP) is 4.63. The molecule has 0 heterocycles. The second kappa shape index (κ2) is 13.6. The Bertz CT molecular complexity index is 1680. The number of azo groups is 2. The summed E-state index contributed by atoms with van der Waals surface area (Å²) in [7, 11) is -4.58. The van der Waals surface area contributed by atoms with Gasteiger partial charge in [0.1, 0.15) is 10.1 Å². The Morgan fingerprint density at radius 1 is 0.846 bits per heavy atom. The third kappa shape index (κ3) is 7.56. The summed E-state index contributed by atoms with van der Waals surface area (Å²) in [6.07, 6.45) is 0.464. The van der Waals surface area contributed by atoms with Crippen molar-refractivity contribution < 1.29 is 42.5 Å². The van der Waals surface area contributed by atoms with Crippen LogP contribution in [0.1, 0.15) is 18.9 Å². The van der Waals surface area contributed by atoms with Gasteiger partial charge in [-0.25, -0.2) is 8.42 Å². The van der Waals surface area contributed by atoms with Gasteiger partial charge in [0, 0.05) is 29.5 Å². The molecule has 0 bridgehead atoms. The minimum absolute atomic E-state index is 0. The summed E-state index contributed by atoms with van der Waals surface area (Å²) in [5.41, 5.74) is 4.23. The van der Waals surface area contributed by atoms with E-state index in [0.717, 1.165) is 34.3 Å². The molecule has 0 aliphatic rings. The van der Waals surface area contributed by atoms with Crippen LogP contribution in [0.3, 0.4) is 0 Å². The molecule has 0 spiro atoms. The maximum atomic E-state index is 11.3. The number of fused-ring (bicyclic) bond motifs is 1. The number of nitriles is 1. The summed E-state index contributed by atoms with van der Waals surface area (Å²) in [4.78, 5) is 1.79. The van der Waals surface area contributed by atoms with Crippen molar-refractivity contribution in [3.63, 3.8) is 0 Å². The number of benzene rings is 4. The summed E-state index contributed by atoms with van der Waals surface area (Å²) in [6.45, 7) is 5.51. The Hall–Kier alpha value is -3.46. The molecule has 0 saturated heterocycles. The number of hydrogen-bond acceptors (Lipinski definition) is 9. The van der Waals surface area contributed by atoms with E-state index in [4.69, 9.17) is 5.26 Å². The molecule has 192 valence electrons. The Morgan fingerprint density at radius 2 is 1.46 bits per heavy atom. The van der Waals surface area contributed by atoms with Crippen molar-refractivity contribution in [3.8, 4) is 6.07 Å². The standard InChI is InChI=1S/C28H26N6O3S.Na/c1-3-34(17-7-16-29)22-12-13-26(20(2)18-22)31-33-28-15-14-27(24-10-4-5-11-25(24)28)32-30-21-8-6-9-23(19-21)38(35,36)37;/h4-6,8-15,18-19H,3,7,17H2,1-2H3,(H,35,36,37);/q;+1/p-1. The summed E-state index contributed by atoms with van der Waals surface area (Å²) in [5, 5.41) is 27.9. The minimum Gasteiger partial charge on any atom is -0.744 e. The van der Waals surface area contributed by atoms with E-state index in [1.165, 1.54) is 18.2 Å². The van der Waals surface area contributed by atoms with Crippen molar-refractivity contribution in [2.45, 2.75) is 25.2 Å². The zero-order chi connectivity index (χ0) is 27.1. The molecule has 11 heteroatoms. The zero-order valence-electron chi connectivity index (χ0n) is 21.9. The van der Waals surface area contributed by atoms with Gasteiger partial charge in [-0.3, -0.25) is 0 Å². The topological polar surface area (TPSA) is 134 Å². The van der Waals surface area contributed by atoms with E-state index in [1.807, 2.05) is 49.4 Å². The van der Waals surface area contributed by atoms with Crippen molar-refractivity contribution >= 4 is 49.3 Å². The third-order valence-electron chi connectivity index (χ3n) is 5.94. The number of nitrogens with zero attached hydrogens (tertiary/aromatic N) is 6. The molecule has 4 aromatic carbocycles. The molecule has 0 amide bonds. The van der Waals surface area contributed by atoms with Gasteiger partial charge in [0.05, 0.1) is 40.1 Å². The Balaban J connectivity index is 0.00000420. The molecule has 0 fully saturated rings. The van der Waals surface area contributed by atoms with Crippen LogP contribution in [0.4, 0.5) is 28.4 Å². The molecule has 9 nitrogen and oxygen atoms in total. The van der Waals surface area contributed by atoms with Gasteiger partial charge in [-0.15, -0.1) is 10.2 Å². The Kier molecular flexibility index (Phi) is 10.5. The number of anilines is 1. The summed E-state index contributed by atoms with van der Waals surface area (Å²) >= 11 is 0. The van der Waals surface area contributed by atoms with Gasteiger partial charge in [0.2, 0.25) is 0 Å². The van der Waals surface area contributed by atoms with Gasteiger partial charge in [0.25, 0.3) is 0 Å². The van der Waals surface area contributed by atoms with Crippen LogP contribution in [-0.4, -0.2) is 26.1 Å². The molecule has 0 aliphatic heterocycles. The van der Waals surface area contributed by atoms with Crippen LogP contribution in [0.2, 0.25) is 0 Å². The molecule has 4 rings (SSSR count). The second-order valence-corrected chi connectivity index (χ2v) is 9.84. The summed E-state index contributed by atoms with van der Waals surface area (Å²) in [6, 6.07) is 24.7. The average Bonchev–Trinajstić information content (AvgIpc) is 2.92. The average molecular weight is 549 g/mol. The predicted molar refractivity (Wildman–Crippen MR) is 146 cm³/mol. The fourth-order valence-electron chi connectivity index (χ4n) is 3.97. The third-order valence-corrected chi connectivity index (χ3v) is 6.78. The Morgan fingerprint density at radius 3 is 2.05 bits per heavy atom. The molecule has 0 aromatic heterocycles. The minimum atomic E-state index is -4.58. The molecular formula is C28H25N6NaO3S. The van der Waals surface area contributed by atoms with E-state index in [-0.39, 0.29) is 40.1 Å². The van der Waals surface area contributed by atoms with Crippen LogP contribution in [-0.2, 0) is 10.1 Å². The van der Waals surface area contributed by atoms with Gasteiger partial charge < -0.3 is 9.45 Å². The first kappa shape index (κ1) is 30.1. The van der Waals surface area contributed by atoms with Crippen molar-refractivity contribution in [2.24, 2.45) is 20.5 Å². The van der Waals surface area contributed by atoms with E-state index in [2.05, 4.69) is 38.3 Å². The molecule has 0 saturated carbocycles. The van der Waals surface area contributed by atoms with Crippen molar-refractivity contribution in [2.75, 3.05) is 18.0 Å². The maximum Gasteiger partial charge on any atom is 1.00 e. The Labute approximate surface area is 250 Å². The van der Waals surface area contributed by atoms with E-state index >= 15 is 0 Å². The van der Waals surface area contributed by atoms with Gasteiger partial charge in [0.15, 0.2) is 0 Å². The molecule has 0 aliphatic carbocycles. The van der Waals surface area contributed by atoms with E-state index in [0.29, 0.717) is 24.3 Å². The fraction of sp³-hybridized carbons (Fsp3) is 0.179. The smallest absolute Gasteiger partial charge is 0.744 e. The van der Waals surface area contributed by atoms with Gasteiger partial charge in [-0.05, 0) is 67.9 Å². The molecule has 39 heavy (non-hydrogen) atoms. The quantitative estimate of drug-likeness (QED) is 0.171. The molecule has 0 atom stereocenters.